The van der Waals surface area contributed by atoms with Gasteiger partial charge in [-0.3, -0.25) is 14.3 Å². The second-order valence-corrected chi connectivity index (χ2v) is 9.71. The predicted octanol–water partition coefficient (Wildman–Crippen LogP) is 3.44. The molecule has 0 radical (unpaired) electrons. The van der Waals surface area contributed by atoms with Crippen LogP contribution in [0.15, 0.2) is 77.4 Å². The highest BCUT2D eigenvalue weighted by molar-refractivity contribution is 5.91. The highest BCUT2D eigenvalue weighted by atomic mass is 16.7. The molecule has 9 heteroatoms. The van der Waals surface area contributed by atoms with Crippen molar-refractivity contribution in [2.75, 3.05) is 19.8 Å². The first-order chi connectivity index (χ1) is 19.0. The molecule has 39 heavy (non-hydrogen) atoms. The highest BCUT2D eigenvalue weighted by Gasteiger charge is 2.33. The van der Waals surface area contributed by atoms with E-state index in [-0.39, 0.29) is 36.4 Å². The maximum atomic E-state index is 13.7. The van der Waals surface area contributed by atoms with Crippen LogP contribution < -0.4 is 10.9 Å². The molecule has 9 nitrogen and oxygen atoms in total. The Bertz CT molecular complexity index is 1530. The van der Waals surface area contributed by atoms with E-state index < -0.39 is 6.29 Å². The highest BCUT2D eigenvalue weighted by Crippen LogP contribution is 2.32. The largest absolute Gasteiger partial charge is 0.459 e. The fourth-order valence-electron chi connectivity index (χ4n) is 5.15. The first kappa shape index (κ1) is 26.5. The number of para-hydroxylation sites is 2. The smallest absolute Gasteiger partial charge is 0.286 e. The molecule has 2 aromatic heterocycles. The van der Waals surface area contributed by atoms with Crippen molar-refractivity contribution in [3.63, 3.8) is 0 Å². The van der Waals surface area contributed by atoms with Gasteiger partial charge in [0.05, 0.1) is 12.3 Å². The van der Waals surface area contributed by atoms with Gasteiger partial charge in [-0.1, -0.05) is 36.4 Å². The molecule has 1 amide bonds. The normalized spacial score (nSPS) is 17.2. The van der Waals surface area contributed by atoms with Gasteiger partial charge in [0.15, 0.2) is 5.76 Å². The number of fused-ring (bicyclic) bond motifs is 1. The van der Waals surface area contributed by atoms with Crippen molar-refractivity contribution < 1.29 is 19.4 Å². The minimum Gasteiger partial charge on any atom is -0.459 e. The predicted molar refractivity (Wildman–Crippen MR) is 149 cm³/mol. The number of nitrogens with one attached hydrogen (secondary N) is 2. The van der Waals surface area contributed by atoms with Crippen LogP contribution in [0, 0.1) is 6.92 Å². The fraction of sp³-hybridized carbons (Fsp3) is 0.333. The Morgan fingerprint density at radius 3 is 2.74 bits per heavy atom. The SMILES string of the molecule is Cc1c([C@H]2C=C(C(=O)NCCc3c[nH]c4ccccc34)O[C@@H](OCCCO)C2)c(=O)n(-c2ccccc2)n1C. The number of rotatable bonds is 10. The number of allylic oxidation sites excluding steroid dienone is 1. The molecular weight excluding hydrogens is 496 g/mol. The zero-order valence-electron chi connectivity index (χ0n) is 22.2. The number of aliphatic hydroxyl groups excluding tert-OH is 1. The number of carbonyl (C=O) groups is 1. The van der Waals surface area contributed by atoms with Gasteiger partial charge in [0.1, 0.15) is 0 Å². The molecule has 204 valence electrons. The van der Waals surface area contributed by atoms with Crippen LogP contribution in [0.1, 0.15) is 35.6 Å². The summed E-state index contributed by atoms with van der Waals surface area (Å²) in [5.74, 6) is -0.601. The summed E-state index contributed by atoms with van der Waals surface area (Å²) in [4.78, 5) is 30.1. The third-order valence-electron chi connectivity index (χ3n) is 7.21. The third kappa shape index (κ3) is 5.55. The number of nitrogens with zero attached hydrogens (tertiary/aromatic N) is 2. The zero-order chi connectivity index (χ0) is 27.4. The molecule has 5 rings (SSSR count). The second kappa shape index (κ2) is 11.8. The standard InChI is InChI=1S/C30H34N4O5/c1-20-28(30(37)34(33(20)2)23-9-4-3-5-10-23)22-17-26(39-27(18-22)38-16-8-15-35)29(36)31-14-13-21-19-32-25-12-7-6-11-24(21)25/h3-7,9-12,17,19,22,27,32,35H,8,13-16,18H2,1-2H3,(H,31,36)/t22-,27+/m0/s1. The topological polar surface area (TPSA) is 111 Å². The zero-order valence-corrected chi connectivity index (χ0v) is 22.2. The Labute approximate surface area is 226 Å². The molecule has 0 bridgehead atoms. The maximum absolute atomic E-state index is 13.7. The molecule has 1 aliphatic heterocycles. The van der Waals surface area contributed by atoms with Gasteiger partial charge in [-0.2, -0.15) is 0 Å². The Kier molecular flexibility index (Phi) is 7.99. The van der Waals surface area contributed by atoms with Crippen molar-refractivity contribution in [3.05, 3.63) is 99.8 Å². The minimum absolute atomic E-state index is 0.00720. The van der Waals surface area contributed by atoms with Crippen LogP contribution in [0.4, 0.5) is 0 Å². The lowest BCUT2D eigenvalue weighted by Gasteiger charge is -2.28. The number of amides is 1. The third-order valence-corrected chi connectivity index (χ3v) is 7.21. The molecule has 0 aliphatic carbocycles. The van der Waals surface area contributed by atoms with E-state index in [1.807, 2.05) is 73.4 Å². The van der Waals surface area contributed by atoms with Crippen LogP contribution in [0.2, 0.25) is 0 Å². The van der Waals surface area contributed by atoms with Crippen LogP contribution in [-0.4, -0.2) is 51.4 Å². The average molecular weight is 531 g/mol. The van der Waals surface area contributed by atoms with E-state index in [0.29, 0.717) is 31.4 Å². The van der Waals surface area contributed by atoms with Crippen LogP contribution in [-0.2, 0) is 27.7 Å². The van der Waals surface area contributed by atoms with Crippen LogP contribution >= 0.6 is 0 Å². The van der Waals surface area contributed by atoms with Gasteiger partial charge in [-0.15, -0.1) is 0 Å². The van der Waals surface area contributed by atoms with Gasteiger partial charge >= 0.3 is 0 Å². The molecule has 0 unspecified atom stereocenters. The van der Waals surface area contributed by atoms with Crippen molar-refractivity contribution in [2.45, 2.75) is 38.4 Å². The van der Waals surface area contributed by atoms with E-state index in [4.69, 9.17) is 9.47 Å². The van der Waals surface area contributed by atoms with Gasteiger partial charge in [-0.25, -0.2) is 4.68 Å². The van der Waals surface area contributed by atoms with Crippen LogP contribution in [0.25, 0.3) is 16.6 Å². The summed E-state index contributed by atoms with van der Waals surface area (Å²) in [7, 11) is 1.85. The lowest BCUT2D eigenvalue weighted by molar-refractivity contribution is -0.146. The minimum atomic E-state index is -0.718. The lowest BCUT2D eigenvalue weighted by Crippen LogP contribution is -2.35. The van der Waals surface area contributed by atoms with E-state index in [9.17, 15) is 14.7 Å². The number of aromatic amines is 1. The van der Waals surface area contributed by atoms with E-state index >= 15 is 0 Å². The Hall–Kier alpha value is -4.08. The summed E-state index contributed by atoms with van der Waals surface area (Å²) in [5.41, 5.74) is 4.21. The van der Waals surface area contributed by atoms with E-state index in [1.165, 1.54) is 0 Å². The van der Waals surface area contributed by atoms with Crippen LogP contribution in [0.3, 0.4) is 0 Å². The van der Waals surface area contributed by atoms with Gasteiger partial charge in [-0.05, 0) is 49.6 Å². The van der Waals surface area contributed by atoms with Crippen LogP contribution in [0.5, 0.6) is 0 Å². The molecule has 0 spiro atoms. The van der Waals surface area contributed by atoms with E-state index in [2.05, 4.69) is 16.4 Å². The van der Waals surface area contributed by atoms with Crippen molar-refractivity contribution in [3.8, 4) is 5.69 Å². The Balaban J connectivity index is 1.38. The Morgan fingerprint density at radius 2 is 1.95 bits per heavy atom. The number of benzene rings is 2. The number of carbonyl (C=O) groups excluding carboxylic acids is 1. The first-order valence-electron chi connectivity index (χ1n) is 13.3. The molecule has 4 aromatic rings. The van der Waals surface area contributed by atoms with E-state index in [0.717, 1.165) is 27.8 Å². The van der Waals surface area contributed by atoms with Crippen molar-refractivity contribution in [1.29, 1.82) is 0 Å². The maximum Gasteiger partial charge on any atom is 0.286 e. The summed E-state index contributed by atoms with van der Waals surface area (Å²) in [6.45, 7) is 2.60. The molecule has 0 saturated carbocycles. The van der Waals surface area contributed by atoms with Gasteiger partial charge < -0.3 is 24.9 Å². The van der Waals surface area contributed by atoms with Crippen molar-refractivity contribution >= 4 is 16.8 Å². The van der Waals surface area contributed by atoms with Gasteiger partial charge in [0.2, 0.25) is 6.29 Å². The molecule has 3 N–H and O–H groups in total. The molecule has 2 atom stereocenters. The summed E-state index contributed by atoms with van der Waals surface area (Å²) < 4.78 is 15.2. The van der Waals surface area contributed by atoms with Gasteiger partial charge in [0.25, 0.3) is 11.5 Å². The monoisotopic (exact) mass is 530 g/mol. The molecule has 2 aromatic carbocycles. The molecule has 0 fully saturated rings. The number of ether oxygens (including phenoxy) is 2. The summed E-state index contributed by atoms with van der Waals surface area (Å²) in [6.07, 6.45) is 4.46. The number of H-pyrrole nitrogens is 1. The van der Waals surface area contributed by atoms with Gasteiger partial charge in [0, 0.05) is 60.9 Å². The van der Waals surface area contributed by atoms with E-state index in [1.54, 1.807) is 10.8 Å². The summed E-state index contributed by atoms with van der Waals surface area (Å²) in [5, 5.41) is 13.3. The number of hydrogen-bond acceptors (Lipinski definition) is 5. The molecule has 3 heterocycles. The summed E-state index contributed by atoms with van der Waals surface area (Å²) in [6, 6.07) is 17.5. The summed E-state index contributed by atoms with van der Waals surface area (Å²) >= 11 is 0. The Morgan fingerprint density at radius 1 is 1.18 bits per heavy atom. The number of aliphatic hydroxyl groups is 1. The quantitative estimate of drug-likeness (QED) is 0.272. The second-order valence-electron chi connectivity index (χ2n) is 9.71. The lowest BCUT2D eigenvalue weighted by atomic mass is 9.93. The number of aromatic nitrogens is 3. The first-order valence-corrected chi connectivity index (χ1v) is 13.3. The molecule has 1 aliphatic rings. The fourth-order valence-corrected chi connectivity index (χ4v) is 5.15. The number of hydrogen-bond donors (Lipinski definition) is 3. The molecular formula is C30H34N4O5. The van der Waals surface area contributed by atoms with Crippen molar-refractivity contribution in [1.82, 2.24) is 19.7 Å². The molecule has 0 saturated heterocycles. The average Bonchev–Trinajstić information content (AvgIpc) is 3.46. The van der Waals surface area contributed by atoms with Crippen molar-refractivity contribution in [2.24, 2.45) is 7.05 Å².